The van der Waals surface area contributed by atoms with E-state index in [-0.39, 0.29) is 17.0 Å². The third kappa shape index (κ3) is 4.08. The first-order chi connectivity index (χ1) is 8.13. The monoisotopic (exact) mass is 275 g/mol. The highest BCUT2D eigenvalue weighted by Crippen LogP contribution is 2.21. The predicted molar refractivity (Wildman–Crippen MR) is 68.5 cm³/mol. The Bertz CT molecular complexity index is 488. The maximum atomic E-state index is 11.8. The molecule has 0 aliphatic heterocycles. The van der Waals surface area contributed by atoms with Crippen LogP contribution in [0.15, 0.2) is 17.6 Å². The summed E-state index contributed by atoms with van der Waals surface area (Å²) >= 11 is 0. The van der Waals surface area contributed by atoms with Crippen molar-refractivity contribution in [2.45, 2.75) is 38.3 Å². The largest absolute Gasteiger partial charge is 0.393 e. The summed E-state index contributed by atoms with van der Waals surface area (Å²) in [4.78, 5) is 3.78. The van der Waals surface area contributed by atoms with E-state index in [1.165, 1.54) is 12.5 Å². The Labute approximate surface area is 108 Å². The zero-order chi connectivity index (χ0) is 14.0. The van der Waals surface area contributed by atoms with Gasteiger partial charge >= 0.3 is 0 Å². The number of hydrogen-bond donors (Lipinski definition) is 2. The molecule has 0 radical (unpaired) electrons. The molecule has 1 aromatic rings. The SMILES string of the molecule is Cn1cnc(S(=O)(=O)NCC[C@@H](O)C(C)(C)C)c1. The summed E-state index contributed by atoms with van der Waals surface area (Å²) in [5.41, 5.74) is -0.254. The highest BCUT2D eigenvalue weighted by atomic mass is 32.2. The Hall–Kier alpha value is -0.920. The van der Waals surface area contributed by atoms with Crippen LogP contribution < -0.4 is 4.72 Å². The average Bonchev–Trinajstić information content (AvgIpc) is 2.63. The molecule has 0 aliphatic carbocycles. The number of sulfonamides is 1. The van der Waals surface area contributed by atoms with E-state index < -0.39 is 16.1 Å². The number of rotatable bonds is 5. The van der Waals surface area contributed by atoms with Crippen molar-refractivity contribution in [1.82, 2.24) is 14.3 Å². The van der Waals surface area contributed by atoms with Gasteiger partial charge in [-0.05, 0) is 11.8 Å². The Morgan fingerprint density at radius 3 is 2.56 bits per heavy atom. The van der Waals surface area contributed by atoms with Crippen LogP contribution in [-0.4, -0.2) is 35.7 Å². The molecule has 0 aliphatic rings. The van der Waals surface area contributed by atoms with Crippen LogP contribution in [0.2, 0.25) is 0 Å². The van der Waals surface area contributed by atoms with Crippen molar-refractivity contribution in [2.24, 2.45) is 12.5 Å². The van der Waals surface area contributed by atoms with Gasteiger partial charge in [0.15, 0.2) is 5.03 Å². The van der Waals surface area contributed by atoms with Gasteiger partial charge < -0.3 is 9.67 Å². The molecule has 1 rings (SSSR count). The van der Waals surface area contributed by atoms with Crippen molar-refractivity contribution >= 4 is 10.0 Å². The van der Waals surface area contributed by atoms with Gasteiger partial charge in [0.25, 0.3) is 10.0 Å². The minimum atomic E-state index is -3.57. The van der Waals surface area contributed by atoms with Crippen LogP contribution in [-0.2, 0) is 17.1 Å². The quantitative estimate of drug-likeness (QED) is 0.819. The standard InChI is InChI=1S/C11H21N3O3S/c1-11(2,3)9(15)5-6-13-18(16,17)10-7-14(4)8-12-10/h7-9,13,15H,5-6H2,1-4H3/t9-/m1/s1. The maximum Gasteiger partial charge on any atom is 0.259 e. The van der Waals surface area contributed by atoms with Gasteiger partial charge in [0.2, 0.25) is 0 Å². The normalized spacial score (nSPS) is 14.7. The van der Waals surface area contributed by atoms with E-state index in [9.17, 15) is 13.5 Å². The lowest BCUT2D eigenvalue weighted by Gasteiger charge is -2.25. The number of aromatic nitrogens is 2. The summed E-state index contributed by atoms with van der Waals surface area (Å²) in [6, 6.07) is 0. The van der Waals surface area contributed by atoms with Crippen molar-refractivity contribution in [3.63, 3.8) is 0 Å². The van der Waals surface area contributed by atoms with Gasteiger partial charge in [0.1, 0.15) is 0 Å². The minimum Gasteiger partial charge on any atom is -0.393 e. The van der Waals surface area contributed by atoms with Crippen molar-refractivity contribution < 1.29 is 13.5 Å². The zero-order valence-electron chi connectivity index (χ0n) is 11.2. The molecule has 7 heteroatoms. The molecular weight excluding hydrogens is 254 g/mol. The molecule has 104 valence electrons. The molecule has 0 amide bonds. The van der Waals surface area contributed by atoms with E-state index in [0.717, 1.165) is 0 Å². The fraction of sp³-hybridized carbons (Fsp3) is 0.727. The third-order valence-electron chi connectivity index (χ3n) is 2.67. The van der Waals surface area contributed by atoms with Crippen molar-refractivity contribution in [1.29, 1.82) is 0 Å². The molecule has 0 spiro atoms. The molecular formula is C11H21N3O3S. The summed E-state index contributed by atoms with van der Waals surface area (Å²) in [6.07, 6.45) is 2.68. The predicted octanol–water partition coefficient (Wildman–Crippen LogP) is 0.495. The van der Waals surface area contributed by atoms with Crippen LogP contribution in [0.3, 0.4) is 0 Å². The molecule has 0 saturated heterocycles. The lowest BCUT2D eigenvalue weighted by molar-refractivity contribution is 0.0571. The molecule has 6 nitrogen and oxygen atoms in total. The second-order valence-electron chi connectivity index (χ2n) is 5.45. The molecule has 0 fully saturated rings. The molecule has 0 bridgehead atoms. The summed E-state index contributed by atoms with van der Waals surface area (Å²) < 4.78 is 27.6. The number of aliphatic hydroxyl groups is 1. The van der Waals surface area contributed by atoms with Crippen LogP contribution in [0.4, 0.5) is 0 Å². The van der Waals surface area contributed by atoms with Crippen LogP contribution >= 0.6 is 0 Å². The number of nitrogens with zero attached hydrogens (tertiary/aromatic N) is 2. The Kier molecular flexibility index (Phi) is 4.52. The first kappa shape index (κ1) is 15.1. The van der Waals surface area contributed by atoms with Crippen molar-refractivity contribution in [3.8, 4) is 0 Å². The van der Waals surface area contributed by atoms with Crippen LogP contribution in [0, 0.1) is 5.41 Å². The first-order valence-corrected chi connectivity index (χ1v) is 7.27. The van der Waals surface area contributed by atoms with E-state index in [1.54, 1.807) is 11.6 Å². The molecule has 1 aromatic heterocycles. The highest BCUT2D eigenvalue weighted by molar-refractivity contribution is 7.89. The summed E-state index contributed by atoms with van der Waals surface area (Å²) in [5.74, 6) is 0. The molecule has 1 atom stereocenters. The lowest BCUT2D eigenvalue weighted by atomic mass is 9.87. The lowest BCUT2D eigenvalue weighted by Crippen LogP contribution is -2.32. The average molecular weight is 275 g/mol. The van der Waals surface area contributed by atoms with Crippen molar-refractivity contribution in [3.05, 3.63) is 12.5 Å². The van der Waals surface area contributed by atoms with Gasteiger partial charge in [-0.1, -0.05) is 20.8 Å². The molecule has 1 heterocycles. The zero-order valence-corrected chi connectivity index (χ0v) is 12.0. The molecule has 18 heavy (non-hydrogen) atoms. The molecule has 0 unspecified atom stereocenters. The summed E-state index contributed by atoms with van der Waals surface area (Å²) in [5, 5.41) is 9.80. The number of imidazole rings is 1. The summed E-state index contributed by atoms with van der Waals surface area (Å²) in [7, 11) is -1.87. The number of aliphatic hydroxyl groups excluding tert-OH is 1. The second-order valence-corrected chi connectivity index (χ2v) is 7.16. The number of aryl methyl sites for hydroxylation is 1. The molecule has 0 aromatic carbocycles. The second kappa shape index (κ2) is 5.38. The van der Waals surface area contributed by atoms with E-state index in [4.69, 9.17) is 0 Å². The Morgan fingerprint density at radius 2 is 2.11 bits per heavy atom. The highest BCUT2D eigenvalue weighted by Gasteiger charge is 2.23. The molecule has 2 N–H and O–H groups in total. The fourth-order valence-corrected chi connectivity index (χ4v) is 2.39. The van der Waals surface area contributed by atoms with Gasteiger partial charge in [0.05, 0.1) is 12.4 Å². The van der Waals surface area contributed by atoms with Crippen LogP contribution in [0.1, 0.15) is 27.2 Å². The van der Waals surface area contributed by atoms with Gasteiger partial charge in [-0.2, -0.15) is 0 Å². The van der Waals surface area contributed by atoms with Gasteiger partial charge in [0, 0.05) is 19.8 Å². The van der Waals surface area contributed by atoms with Crippen LogP contribution in [0.25, 0.3) is 0 Å². The topological polar surface area (TPSA) is 84.2 Å². The summed E-state index contributed by atoms with van der Waals surface area (Å²) in [6.45, 7) is 5.91. The van der Waals surface area contributed by atoms with Gasteiger partial charge in [-0.15, -0.1) is 0 Å². The van der Waals surface area contributed by atoms with Crippen molar-refractivity contribution in [2.75, 3.05) is 6.54 Å². The number of hydrogen-bond acceptors (Lipinski definition) is 4. The first-order valence-electron chi connectivity index (χ1n) is 5.78. The van der Waals surface area contributed by atoms with E-state index >= 15 is 0 Å². The van der Waals surface area contributed by atoms with E-state index in [0.29, 0.717) is 6.42 Å². The smallest absolute Gasteiger partial charge is 0.259 e. The molecule has 0 saturated carbocycles. The van der Waals surface area contributed by atoms with E-state index in [2.05, 4.69) is 9.71 Å². The van der Waals surface area contributed by atoms with Gasteiger partial charge in [-0.25, -0.2) is 18.1 Å². The van der Waals surface area contributed by atoms with Crippen LogP contribution in [0.5, 0.6) is 0 Å². The van der Waals surface area contributed by atoms with E-state index in [1.807, 2.05) is 20.8 Å². The Balaban J connectivity index is 2.54. The Morgan fingerprint density at radius 1 is 1.50 bits per heavy atom. The van der Waals surface area contributed by atoms with Gasteiger partial charge in [-0.3, -0.25) is 0 Å². The number of nitrogens with one attached hydrogen (secondary N) is 1. The maximum absolute atomic E-state index is 11.8. The third-order valence-corrected chi connectivity index (χ3v) is 4.01. The fourth-order valence-electron chi connectivity index (χ4n) is 1.36. The minimum absolute atomic E-state index is 0.00440.